The van der Waals surface area contributed by atoms with Gasteiger partial charge in [0.05, 0.1) is 66.2 Å². The molecule has 352 valence electrons. The summed E-state index contributed by atoms with van der Waals surface area (Å²) in [7, 11) is 6.98. The van der Waals surface area contributed by atoms with Gasteiger partial charge < -0.3 is 43.0 Å². The third kappa shape index (κ3) is 7.18. The lowest BCUT2D eigenvalue weighted by molar-refractivity contribution is 0.0642. The van der Waals surface area contributed by atoms with E-state index < -0.39 is 5.60 Å². The van der Waals surface area contributed by atoms with Crippen molar-refractivity contribution < 1.29 is 33.2 Å². The van der Waals surface area contributed by atoms with Gasteiger partial charge in [0.1, 0.15) is 28.7 Å². The lowest BCUT2D eigenvalue weighted by Gasteiger charge is -2.52. The molecule has 6 aromatic rings. The summed E-state index contributed by atoms with van der Waals surface area (Å²) in [5, 5.41) is 2.15. The molecule has 3 fully saturated rings. The highest BCUT2D eigenvalue weighted by atomic mass is 16.5. The van der Waals surface area contributed by atoms with Crippen molar-refractivity contribution in [1.29, 1.82) is 0 Å². The van der Waals surface area contributed by atoms with Crippen molar-refractivity contribution in [3.05, 3.63) is 131 Å². The molecule has 2 aliphatic carbocycles. The Morgan fingerprint density at radius 1 is 0.544 bits per heavy atom. The maximum atomic E-state index is 8.15. The topological polar surface area (TPSA) is 71.1 Å². The second-order valence-corrected chi connectivity index (χ2v) is 20.9. The summed E-state index contributed by atoms with van der Waals surface area (Å²) in [4.78, 5) is 4.74. The van der Waals surface area contributed by atoms with Crippen molar-refractivity contribution in [2.24, 2.45) is 10.8 Å². The second-order valence-electron chi connectivity index (χ2n) is 20.9. The molecular formula is C59H64N2O7. The van der Waals surface area contributed by atoms with Gasteiger partial charge >= 0.3 is 0 Å². The minimum Gasteiger partial charge on any atom is -0.497 e. The summed E-state index contributed by atoms with van der Waals surface area (Å²) in [6, 6.07) is 35.2. The predicted octanol–water partition coefficient (Wildman–Crippen LogP) is 12.1. The molecule has 3 aliphatic heterocycles. The van der Waals surface area contributed by atoms with E-state index in [-0.39, 0.29) is 16.2 Å². The highest BCUT2D eigenvalue weighted by molar-refractivity contribution is 6.11. The number of ether oxygens (including phenoxy) is 7. The van der Waals surface area contributed by atoms with E-state index in [4.69, 9.17) is 33.2 Å². The number of benzene rings is 6. The van der Waals surface area contributed by atoms with Gasteiger partial charge in [-0.05, 0) is 118 Å². The zero-order valence-electron chi connectivity index (χ0n) is 40.9. The average Bonchev–Trinajstić information content (AvgIpc) is 3.62. The number of hydrogen-bond acceptors (Lipinski definition) is 9. The lowest BCUT2D eigenvalue weighted by Crippen LogP contribution is -2.44. The van der Waals surface area contributed by atoms with E-state index in [1.165, 1.54) is 22.3 Å². The van der Waals surface area contributed by atoms with Crippen LogP contribution in [0.5, 0.6) is 28.7 Å². The summed E-state index contributed by atoms with van der Waals surface area (Å²) < 4.78 is 44.0. The fourth-order valence-electron chi connectivity index (χ4n) is 13.3. The van der Waals surface area contributed by atoms with Crippen LogP contribution in [0, 0.1) is 10.8 Å². The Hall–Kier alpha value is -6.16. The van der Waals surface area contributed by atoms with Crippen LogP contribution >= 0.6 is 0 Å². The fourth-order valence-corrected chi connectivity index (χ4v) is 13.3. The van der Waals surface area contributed by atoms with Crippen molar-refractivity contribution in [1.82, 2.24) is 0 Å². The monoisotopic (exact) mass is 912 g/mol. The van der Waals surface area contributed by atoms with Gasteiger partial charge in [0.25, 0.3) is 0 Å². The van der Waals surface area contributed by atoms with E-state index in [1.54, 1.807) is 28.4 Å². The Morgan fingerprint density at radius 3 is 1.68 bits per heavy atom. The summed E-state index contributed by atoms with van der Waals surface area (Å²) in [5.74, 6) is 4.06. The number of anilines is 2. The Labute approximate surface area is 401 Å². The molecule has 0 amide bonds. The molecule has 9 nitrogen and oxygen atoms in total. The van der Waals surface area contributed by atoms with Gasteiger partial charge in [-0.2, -0.15) is 0 Å². The number of hydrogen-bond donors (Lipinski definition) is 0. The Morgan fingerprint density at radius 2 is 1.12 bits per heavy atom. The Bertz CT molecular complexity index is 2860. The van der Waals surface area contributed by atoms with Crippen molar-refractivity contribution in [2.45, 2.75) is 58.0 Å². The number of methoxy groups -OCH3 is 4. The standard InChI is InChI=1S/C59H64N2O7/c1-56(2)35-57(3,4)37-58(36-56)47-12-10-9-11-42(47)53-45-33-44(38-13-17-41(62-5)18-14-38)52(65-8)34-46(45)55-43(54(53)58)21-22-59(68-55,39-15-19-50(63-6)48(31-39)60-23-27-66-28-24-60)40-16-20-51(64-7)49(32-40)61-25-29-67-30-26-61/h9-22,31-34H,23-30,35-37H2,1-8H3. The van der Waals surface area contributed by atoms with Crippen LogP contribution < -0.4 is 33.5 Å². The van der Waals surface area contributed by atoms with Gasteiger partial charge in [0.15, 0.2) is 5.60 Å². The number of rotatable bonds is 9. The molecule has 0 N–H and O–H groups in total. The quantitative estimate of drug-likeness (QED) is 0.141. The molecule has 0 atom stereocenters. The third-order valence-corrected chi connectivity index (χ3v) is 15.4. The van der Waals surface area contributed by atoms with Gasteiger partial charge in [0, 0.05) is 59.2 Å². The van der Waals surface area contributed by atoms with Crippen LogP contribution in [-0.2, 0) is 20.5 Å². The second kappa shape index (κ2) is 16.8. The summed E-state index contributed by atoms with van der Waals surface area (Å²) in [5.41, 5.74) is 11.4. The van der Waals surface area contributed by atoms with Gasteiger partial charge in [-0.25, -0.2) is 0 Å². The number of nitrogens with zero attached hydrogens (tertiary/aromatic N) is 2. The third-order valence-electron chi connectivity index (χ3n) is 15.4. The van der Waals surface area contributed by atoms with E-state index in [0.717, 1.165) is 124 Å². The normalized spacial score (nSPS) is 19.5. The molecule has 2 saturated heterocycles. The van der Waals surface area contributed by atoms with Gasteiger partial charge in [-0.3, -0.25) is 0 Å². The highest BCUT2D eigenvalue weighted by Crippen LogP contribution is 2.67. The maximum Gasteiger partial charge on any atom is 0.178 e. The molecule has 68 heavy (non-hydrogen) atoms. The SMILES string of the molecule is COc1ccc(-c2cc3c4c(c5c(c3cc2OC)OC(c2ccc(OC)c(N3CCOCC3)c2)(c2ccc(OC)c(N3CCOCC3)c2)C=C5)C2(CC(C)(C)CC(C)(C)C2)c2ccccc2-4)cc1. The van der Waals surface area contributed by atoms with Gasteiger partial charge in [0.2, 0.25) is 0 Å². The van der Waals surface area contributed by atoms with E-state index >= 15 is 0 Å². The maximum absolute atomic E-state index is 8.15. The molecular weight excluding hydrogens is 849 g/mol. The van der Waals surface area contributed by atoms with Crippen LogP contribution in [0.15, 0.2) is 103 Å². The van der Waals surface area contributed by atoms with E-state index in [2.05, 4.69) is 135 Å². The Kier molecular flexibility index (Phi) is 11.0. The number of morpholine rings is 2. The molecule has 6 aromatic carbocycles. The van der Waals surface area contributed by atoms with E-state index in [1.807, 2.05) is 12.1 Å². The summed E-state index contributed by atoms with van der Waals surface area (Å²) >= 11 is 0. The molecule has 3 heterocycles. The summed E-state index contributed by atoms with van der Waals surface area (Å²) in [6.45, 7) is 15.5. The minimum atomic E-state index is -1.08. The van der Waals surface area contributed by atoms with Crippen LogP contribution in [0.25, 0.3) is 39.1 Å². The first kappa shape index (κ1) is 44.4. The van der Waals surface area contributed by atoms with Crippen molar-refractivity contribution >= 4 is 28.2 Å². The Balaban J connectivity index is 1.23. The zero-order valence-corrected chi connectivity index (χ0v) is 40.9. The highest BCUT2D eigenvalue weighted by Gasteiger charge is 2.55. The van der Waals surface area contributed by atoms with E-state index in [9.17, 15) is 0 Å². The van der Waals surface area contributed by atoms with Crippen LogP contribution in [0.4, 0.5) is 11.4 Å². The van der Waals surface area contributed by atoms with Crippen molar-refractivity contribution in [3.63, 3.8) is 0 Å². The minimum absolute atomic E-state index is 0.0768. The molecule has 5 aliphatic rings. The molecule has 1 spiro atoms. The lowest BCUT2D eigenvalue weighted by atomic mass is 9.52. The average molecular weight is 913 g/mol. The molecule has 0 radical (unpaired) electrons. The van der Waals surface area contributed by atoms with Crippen LogP contribution in [0.1, 0.15) is 74.8 Å². The molecule has 11 rings (SSSR count). The molecule has 0 aromatic heterocycles. The van der Waals surface area contributed by atoms with Gasteiger partial charge in [-0.1, -0.05) is 82.3 Å². The molecule has 1 saturated carbocycles. The first-order valence-electron chi connectivity index (χ1n) is 24.3. The fraction of sp³-hybridized carbons (Fsp3) is 0.390. The first-order chi connectivity index (χ1) is 32.9. The van der Waals surface area contributed by atoms with Gasteiger partial charge in [-0.15, -0.1) is 0 Å². The first-order valence-corrected chi connectivity index (χ1v) is 24.3. The van der Waals surface area contributed by atoms with E-state index in [0.29, 0.717) is 26.4 Å². The van der Waals surface area contributed by atoms with Crippen LogP contribution in [0.2, 0.25) is 0 Å². The predicted molar refractivity (Wildman–Crippen MR) is 273 cm³/mol. The van der Waals surface area contributed by atoms with Crippen LogP contribution in [0.3, 0.4) is 0 Å². The molecule has 9 heteroatoms. The smallest absolute Gasteiger partial charge is 0.178 e. The van der Waals surface area contributed by atoms with Crippen LogP contribution in [-0.4, -0.2) is 81.0 Å². The van der Waals surface area contributed by atoms with Crippen molar-refractivity contribution in [3.8, 4) is 51.0 Å². The largest absolute Gasteiger partial charge is 0.497 e. The zero-order chi connectivity index (χ0) is 47.0. The number of fused-ring (bicyclic) bond motifs is 10. The molecule has 0 bridgehead atoms. The summed E-state index contributed by atoms with van der Waals surface area (Å²) in [6.07, 6.45) is 7.93. The van der Waals surface area contributed by atoms with Crippen molar-refractivity contribution in [2.75, 3.05) is 90.8 Å². The molecule has 0 unspecified atom stereocenters.